The summed E-state index contributed by atoms with van der Waals surface area (Å²) in [6.07, 6.45) is 0. The number of carbonyl (C=O) groups excluding carboxylic acids is 1. The third kappa shape index (κ3) is 2.87. The first-order chi connectivity index (χ1) is 10.1. The number of hydrogen-bond acceptors (Lipinski definition) is 3. The third-order valence-electron chi connectivity index (χ3n) is 2.96. The molecule has 4 nitrogen and oxygen atoms in total. The molecule has 0 atom stereocenters. The van der Waals surface area contributed by atoms with Crippen LogP contribution < -0.4 is 10.7 Å². The number of para-hydroxylation sites is 1. The number of hydrogen-bond donors (Lipinski definition) is 1. The molecule has 0 unspecified atom stereocenters. The van der Waals surface area contributed by atoms with E-state index < -0.39 is 5.91 Å². The molecule has 0 saturated carbocycles. The third-order valence-corrected chi connectivity index (χ3v) is 3.49. The maximum atomic E-state index is 12.1. The average molecular weight is 344 g/mol. The highest BCUT2D eigenvalue weighted by Crippen LogP contribution is 2.16. The molecule has 0 fully saturated rings. The lowest BCUT2D eigenvalue weighted by Gasteiger charge is -2.05. The Morgan fingerprint density at radius 1 is 1.05 bits per heavy atom. The van der Waals surface area contributed by atoms with Gasteiger partial charge < -0.3 is 9.73 Å². The predicted molar refractivity (Wildman–Crippen MR) is 84.6 cm³/mol. The van der Waals surface area contributed by atoms with Gasteiger partial charge in [-0.15, -0.1) is 0 Å². The molecular formula is C16H10BrNO3. The van der Waals surface area contributed by atoms with Crippen molar-refractivity contribution in [3.05, 3.63) is 75.1 Å². The molecule has 3 aromatic rings. The lowest BCUT2D eigenvalue weighted by molar-refractivity contribution is 0.0997. The van der Waals surface area contributed by atoms with Gasteiger partial charge >= 0.3 is 0 Å². The summed E-state index contributed by atoms with van der Waals surface area (Å²) >= 11 is 3.32. The van der Waals surface area contributed by atoms with Crippen molar-refractivity contribution in [2.75, 3.05) is 5.32 Å². The van der Waals surface area contributed by atoms with Gasteiger partial charge in [0, 0.05) is 16.2 Å². The number of benzene rings is 2. The van der Waals surface area contributed by atoms with Gasteiger partial charge in [-0.05, 0) is 36.4 Å². The second kappa shape index (κ2) is 5.54. The highest BCUT2D eigenvalue weighted by atomic mass is 79.9. The van der Waals surface area contributed by atoms with Gasteiger partial charge in [0.1, 0.15) is 5.58 Å². The number of nitrogens with one attached hydrogen (secondary N) is 1. The standard InChI is InChI=1S/C16H10BrNO3/c17-10-5-7-11(8-6-10)18-16(20)15-9-13(19)12-3-1-2-4-14(12)21-15/h1-9H,(H,18,20). The molecular weight excluding hydrogens is 334 g/mol. The number of carbonyl (C=O) groups is 1. The van der Waals surface area contributed by atoms with Crippen LogP contribution in [0.25, 0.3) is 11.0 Å². The molecule has 5 heteroatoms. The van der Waals surface area contributed by atoms with Crippen LogP contribution in [0.15, 0.2) is 68.3 Å². The maximum absolute atomic E-state index is 12.1. The van der Waals surface area contributed by atoms with Gasteiger partial charge in [-0.25, -0.2) is 0 Å². The summed E-state index contributed by atoms with van der Waals surface area (Å²) in [5.41, 5.74) is 0.780. The molecule has 0 radical (unpaired) electrons. The molecule has 0 spiro atoms. The minimum Gasteiger partial charge on any atom is -0.451 e. The van der Waals surface area contributed by atoms with Gasteiger partial charge in [-0.2, -0.15) is 0 Å². The number of amides is 1. The molecule has 1 amide bonds. The predicted octanol–water partition coefficient (Wildman–Crippen LogP) is 3.81. The van der Waals surface area contributed by atoms with Crippen molar-refractivity contribution in [3.8, 4) is 0 Å². The first-order valence-electron chi connectivity index (χ1n) is 6.23. The topological polar surface area (TPSA) is 59.3 Å². The minimum absolute atomic E-state index is 0.0124. The molecule has 0 bridgehead atoms. The Bertz CT molecular complexity index is 869. The summed E-state index contributed by atoms with van der Waals surface area (Å²) in [5.74, 6) is -0.471. The molecule has 0 aliphatic heterocycles. The lowest BCUT2D eigenvalue weighted by atomic mass is 10.2. The molecule has 3 rings (SSSR count). The molecule has 1 N–H and O–H groups in total. The summed E-state index contributed by atoms with van der Waals surface area (Å²) < 4.78 is 6.39. The molecule has 104 valence electrons. The molecule has 2 aromatic carbocycles. The van der Waals surface area contributed by atoms with Crippen molar-refractivity contribution >= 4 is 38.5 Å². The van der Waals surface area contributed by atoms with Gasteiger partial charge in [-0.1, -0.05) is 28.1 Å². The fourth-order valence-corrected chi connectivity index (χ4v) is 2.21. The van der Waals surface area contributed by atoms with Crippen molar-refractivity contribution in [2.24, 2.45) is 0 Å². The summed E-state index contributed by atoms with van der Waals surface area (Å²) in [4.78, 5) is 24.1. The van der Waals surface area contributed by atoms with Gasteiger partial charge in [0.25, 0.3) is 5.91 Å². The average Bonchev–Trinajstić information content (AvgIpc) is 2.49. The van der Waals surface area contributed by atoms with Crippen molar-refractivity contribution in [3.63, 3.8) is 0 Å². The lowest BCUT2D eigenvalue weighted by Crippen LogP contribution is -2.14. The normalized spacial score (nSPS) is 10.5. The van der Waals surface area contributed by atoms with Crippen LogP contribution in [0.1, 0.15) is 10.6 Å². The first kappa shape index (κ1) is 13.6. The number of anilines is 1. The minimum atomic E-state index is -0.458. The quantitative estimate of drug-likeness (QED) is 0.769. The Balaban J connectivity index is 1.94. The van der Waals surface area contributed by atoms with Gasteiger partial charge in [0.15, 0.2) is 11.2 Å². The second-order valence-corrected chi connectivity index (χ2v) is 5.35. The monoisotopic (exact) mass is 343 g/mol. The van der Waals surface area contributed by atoms with Crippen LogP contribution in [0.4, 0.5) is 5.69 Å². The van der Waals surface area contributed by atoms with E-state index in [2.05, 4.69) is 21.2 Å². The summed E-state index contributed by atoms with van der Waals surface area (Å²) in [6.45, 7) is 0. The van der Waals surface area contributed by atoms with E-state index in [-0.39, 0.29) is 11.2 Å². The fourth-order valence-electron chi connectivity index (χ4n) is 1.94. The van der Waals surface area contributed by atoms with Crippen molar-refractivity contribution < 1.29 is 9.21 Å². The van der Waals surface area contributed by atoms with Gasteiger partial charge in [0.05, 0.1) is 5.39 Å². The van der Waals surface area contributed by atoms with Crippen LogP contribution in [0, 0.1) is 0 Å². The Morgan fingerprint density at radius 2 is 1.76 bits per heavy atom. The Kier molecular flexibility index (Phi) is 3.58. The molecule has 0 saturated heterocycles. The van der Waals surface area contributed by atoms with Crippen molar-refractivity contribution in [1.82, 2.24) is 0 Å². The van der Waals surface area contributed by atoms with E-state index >= 15 is 0 Å². The zero-order chi connectivity index (χ0) is 14.8. The van der Waals surface area contributed by atoms with Crippen LogP contribution >= 0.6 is 15.9 Å². The molecule has 1 aromatic heterocycles. The SMILES string of the molecule is O=C(Nc1ccc(Br)cc1)c1cc(=O)c2ccccc2o1. The second-order valence-electron chi connectivity index (χ2n) is 4.43. The van der Waals surface area contributed by atoms with E-state index in [1.165, 1.54) is 6.07 Å². The highest BCUT2D eigenvalue weighted by Gasteiger charge is 2.12. The van der Waals surface area contributed by atoms with Crippen LogP contribution in [-0.2, 0) is 0 Å². The highest BCUT2D eigenvalue weighted by molar-refractivity contribution is 9.10. The summed E-state index contributed by atoms with van der Waals surface area (Å²) in [6, 6.07) is 15.2. The maximum Gasteiger partial charge on any atom is 0.291 e. The first-order valence-corrected chi connectivity index (χ1v) is 7.02. The van der Waals surface area contributed by atoms with E-state index in [9.17, 15) is 9.59 Å². The van der Waals surface area contributed by atoms with Crippen molar-refractivity contribution in [1.29, 1.82) is 0 Å². The smallest absolute Gasteiger partial charge is 0.291 e. The Hall–Kier alpha value is -2.40. The molecule has 1 heterocycles. The van der Waals surface area contributed by atoms with E-state index in [4.69, 9.17) is 4.42 Å². The van der Waals surface area contributed by atoms with E-state index in [0.29, 0.717) is 16.7 Å². The zero-order valence-corrected chi connectivity index (χ0v) is 12.4. The molecule has 0 aliphatic rings. The molecule has 0 aliphatic carbocycles. The van der Waals surface area contributed by atoms with Crippen LogP contribution in [0.2, 0.25) is 0 Å². The van der Waals surface area contributed by atoms with Crippen LogP contribution in [0.3, 0.4) is 0 Å². The number of rotatable bonds is 2. The summed E-state index contributed by atoms with van der Waals surface area (Å²) in [5, 5.41) is 3.14. The molecule has 21 heavy (non-hydrogen) atoms. The zero-order valence-electron chi connectivity index (χ0n) is 10.8. The van der Waals surface area contributed by atoms with E-state index in [1.807, 2.05) is 12.1 Å². The van der Waals surface area contributed by atoms with Crippen LogP contribution in [-0.4, -0.2) is 5.91 Å². The number of fused-ring (bicyclic) bond motifs is 1. The van der Waals surface area contributed by atoms with E-state index in [1.54, 1.807) is 36.4 Å². The largest absolute Gasteiger partial charge is 0.451 e. The Labute approximate surface area is 128 Å². The van der Waals surface area contributed by atoms with Crippen LogP contribution in [0.5, 0.6) is 0 Å². The van der Waals surface area contributed by atoms with E-state index in [0.717, 1.165) is 4.47 Å². The van der Waals surface area contributed by atoms with Gasteiger partial charge in [0.2, 0.25) is 0 Å². The Morgan fingerprint density at radius 3 is 2.52 bits per heavy atom. The van der Waals surface area contributed by atoms with Crippen molar-refractivity contribution in [2.45, 2.75) is 0 Å². The number of halogens is 1. The fraction of sp³-hybridized carbons (Fsp3) is 0. The van der Waals surface area contributed by atoms with Gasteiger partial charge in [-0.3, -0.25) is 9.59 Å². The summed E-state index contributed by atoms with van der Waals surface area (Å²) in [7, 11) is 0.